The van der Waals surface area contributed by atoms with E-state index < -0.39 is 5.97 Å². The molecular weight excluding hydrogens is 300 g/mol. The third kappa shape index (κ3) is 3.39. The fraction of sp³-hybridized carbons (Fsp3) is 0.188. The molecular formula is C16H14N2O5. The molecule has 7 nitrogen and oxygen atoms in total. The molecule has 0 fully saturated rings. The number of furan rings is 1. The van der Waals surface area contributed by atoms with Crippen LogP contribution in [0.15, 0.2) is 51.7 Å². The molecule has 0 saturated heterocycles. The lowest BCUT2D eigenvalue weighted by Gasteiger charge is -2.07. The van der Waals surface area contributed by atoms with Crippen molar-refractivity contribution in [3.8, 4) is 17.4 Å². The average Bonchev–Trinajstić information content (AvgIpc) is 3.24. The molecule has 23 heavy (non-hydrogen) atoms. The summed E-state index contributed by atoms with van der Waals surface area (Å²) in [6.07, 6.45) is 3.09. The molecule has 3 aromatic rings. The lowest BCUT2D eigenvalue weighted by atomic mass is 10.3. The number of rotatable bonds is 6. The summed E-state index contributed by atoms with van der Waals surface area (Å²) < 4.78 is 20.9. The van der Waals surface area contributed by atoms with Gasteiger partial charge in [-0.3, -0.25) is 0 Å². The number of esters is 1. The normalized spacial score (nSPS) is 10.5. The zero-order valence-corrected chi connectivity index (χ0v) is 12.4. The number of nitrogens with zero attached hydrogens (tertiary/aromatic N) is 2. The van der Waals surface area contributed by atoms with Gasteiger partial charge in [-0.2, -0.15) is 0 Å². The van der Waals surface area contributed by atoms with Crippen LogP contribution in [0.3, 0.4) is 0 Å². The van der Waals surface area contributed by atoms with Crippen LogP contribution in [0.5, 0.6) is 5.88 Å². The molecule has 0 spiro atoms. The molecule has 0 N–H and O–H groups in total. The number of aromatic nitrogens is 2. The Morgan fingerprint density at radius 1 is 1.26 bits per heavy atom. The van der Waals surface area contributed by atoms with Gasteiger partial charge in [-0.1, -0.05) is 5.16 Å². The molecule has 118 valence electrons. The predicted octanol–water partition coefficient (Wildman–Crippen LogP) is 3.09. The van der Waals surface area contributed by atoms with Crippen molar-refractivity contribution in [2.24, 2.45) is 0 Å². The van der Waals surface area contributed by atoms with Gasteiger partial charge in [-0.05, 0) is 31.2 Å². The van der Waals surface area contributed by atoms with Crippen molar-refractivity contribution in [3.63, 3.8) is 0 Å². The first kappa shape index (κ1) is 14.8. The van der Waals surface area contributed by atoms with Crippen LogP contribution in [-0.4, -0.2) is 22.7 Å². The van der Waals surface area contributed by atoms with E-state index in [4.69, 9.17) is 18.4 Å². The van der Waals surface area contributed by atoms with Gasteiger partial charge in [0.15, 0.2) is 5.76 Å². The van der Waals surface area contributed by atoms with Gasteiger partial charge >= 0.3 is 5.97 Å². The van der Waals surface area contributed by atoms with Crippen molar-refractivity contribution < 1.29 is 23.2 Å². The Balaban J connectivity index is 1.65. The highest BCUT2D eigenvalue weighted by Crippen LogP contribution is 2.21. The summed E-state index contributed by atoms with van der Waals surface area (Å²) in [4.78, 5) is 16.1. The summed E-state index contributed by atoms with van der Waals surface area (Å²) >= 11 is 0. The third-order valence-electron chi connectivity index (χ3n) is 2.95. The molecule has 0 bridgehead atoms. The van der Waals surface area contributed by atoms with Gasteiger partial charge in [0.1, 0.15) is 17.9 Å². The highest BCUT2D eigenvalue weighted by molar-refractivity contribution is 5.91. The van der Waals surface area contributed by atoms with Crippen molar-refractivity contribution in [3.05, 3.63) is 54.0 Å². The van der Waals surface area contributed by atoms with E-state index in [9.17, 15) is 4.79 Å². The van der Waals surface area contributed by atoms with Gasteiger partial charge in [0, 0.05) is 12.3 Å². The summed E-state index contributed by atoms with van der Waals surface area (Å²) in [7, 11) is 0. The minimum absolute atomic E-state index is 0.0243. The van der Waals surface area contributed by atoms with E-state index in [1.165, 1.54) is 6.26 Å². The highest BCUT2D eigenvalue weighted by Gasteiger charge is 2.16. The van der Waals surface area contributed by atoms with E-state index in [-0.39, 0.29) is 18.1 Å². The SMILES string of the molecule is CCOc1ncccc1C(=O)OCc1cc(-c2ccco2)on1. The second-order valence-corrected chi connectivity index (χ2v) is 4.53. The van der Waals surface area contributed by atoms with Crippen LogP contribution < -0.4 is 4.74 Å². The molecule has 0 amide bonds. The Morgan fingerprint density at radius 2 is 2.17 bits per heavy atom. The molecule has 0 atom stereocenters. The van der Waals surface area contributed by atoms with Gasteiger partial charge in [-0.25, -0.2) is 9.78 Å². The number of pyridine rings is 1. The van der Waals surface area contributed by atoms with Crippen LogP contribution in [-0.2, 0) is 11.3 Å². The topological polar surface area (TPSA) is 87.6 Å². The Hall–Kier alpha value is -3.09. The Morgan fingerprint density at radius 3 is 2.96 bits per heavy atom. The smallest absolute Gasteiger partial charge is 0.344 e. The van der Waals surface area contributed by atoms with Crippen molar-refractivity contribution in [1.82, 2.24) is 10.1 Å². The maximum absolute atomic E-state index is 12.1. The summed E-state index contributed by atoms with van der Waals surface area (Å²) in [5.41, 5.74) is 0.746. The third-order valence-corrected chi connectivity index (χ3v) is 2.95. The van der Waals surface area contributed by atoms with Crippen molar-refractivity contribution >= 4 is 5.97 Å². The van der Waals surface area contributed by atoms with Crippen molar-refractivity contribution in [2.45, 2.75) is 13.5 Å². The fourth-order valence-corrected chi connectivity index (χ4v) is 1.93. The van der Waals surface area contributed by atoms with Gasteiger partial charge in [0.25, 0.3) is 0 Å². The lowest BCUT2D eigenvalue weighted by molar-refractivity contribution is 0.0459. The maximum atomic E-state index is 12.1. The maximum Gasteiger partial charge on any atom is 0.344 e. The van der Waals surface area contributed by atoms with Crippen molar-refractivity contribution in [1.29, 1.82) is 0 Å². The van der Waals surface area contributed by atoms with Crippen LogP contribution in [0.1, 0.15) is 23.0 Å². The molecule has 0 unspecified atom stereocenters. The number of hydrogen-bond donors (Lipinski definition) is 0. The molecule has 3 rings (SSSR count). The van der Waals surface area contributed by atoms with E-state index in [2.05, 4.69) is 10.1 Å². The molecule has 7 heteroatoms. The molecule has 0 radical (unpaired) electrons. The molecule has 3 heterocycles. The van der Waals surface area contributed by atoms with Crippen LogP contribution in [0.2, 0.25) is 0 Å². The lowest BCUT2D eigenvalue weighted by Crippen LogP contribution is -2.09. The second-order valence-electron chi connectivity index (χ2n) is 4.53. The summed E-state index contributed by atoms with van der Waals surface area (Å²) in [6.45, 7) is 2.20. The first-order valence-corrected chi connectivity index (χ1v) is 7.02. The Bertz CT molecular complexity index is 779. The van der Waals surface area contributed by atoms with Crippen molar-refractivity contribution in [2.75, 3.05) is 6.61 Å². The number of ether oxygens (including phenoxy) is 2. The molecule has 0 aliphatic rings. The zero-order valence-electron chi connectivity index (χ0n) is 12.4. The Kier molecular flexibility index (Phi) is 4.37. The molecule has 0 saturated carbocycles. The van der Waals surface area contributed by atoms with Crippen LogP contribution >= 0.6 is 0 Å². The second kappa shape index (κ2) is 6.78. The average molecular weight is 314 g/mol. The van der Waals surface area contributed by atoms with Crippen LogP contribution in [0, 0.1) is 0 Å². The number of hydrogen-bond acceptors (Lipinski definition) is 7. The monoisotopic (exact) mass is 314 g/mol. The minimum Gasteiger partial charge on any atom is -0.477 e. The quantitative estimate of drug-likeness (QED) is 0.646. The van der Waals surface area contributed by atoms with E-state index in [1.807, 2.05) is 6.92 Å². The fourth-order valence-electron chi connectivity index (χ4n) is 1.93. The number of carbonyl (C=O) groups excluding carboxylic acids is 1. The van der Waals surface area contributed by atoms with E-state index >= 15 is 0 Å². The molecule has 0 aromatic carbocycles. The van der Waals surface area contributed by atoms with E-state index in [1.54, 1.807) is 36.5 Å². The van der Waals surface area contributed by atoms with Gasteiger partial charge in [0.2, 0.25) is 11.6 Å². The molecule has 0 aliphatic carbocycles. The van der Waals surface area contributed by atoms with Gasteiger partial charge in [-0.15, -0.1) is 0 Å². The van der Waals surface area contributed by atoms with Gasteiger partial charge < -0.3 is 18.4 Å². The van der Waals surface area contributed by atoms with Crippen LogP contribution in [0.25, 0.3) is 11.5 Å². The molecule has 0 aliphatic heterocycles. The first-order chi connectivity index (χ1) is 11.3. The Labute approximate surface area is 131 Å². The van der Waals surface area contributed by atoms with E-state index in [0.29, 0.717) is 23.8 Å². The minimum atomic E-state index is -0.538. The van der Waals surface area contributed by atoms with Crippen LogP contribution in [0.4, 0.5) is 0 Å². The summed E-state index contributed by atoms with van der Waals surface area (Å²) in [6, 6.07) is 8.38. The van der Waals surface area contributed by atoms with E-state index in [0.717, 1.165) is 0 Å². The summed E-state index contributed by atoms with van der Waals surface area (Å²) in [5.74, 6) is 0.735. The predicted molar refractivity (Wildman–Crippen MR) is 78.7 cm³/mol. The molecule has 3 aromatic heterocycles. The van der Waals surface area contributed by atoms with Gasteiger partial charge in [0.05, 0.1) is 12.9 Å². The highest BCUT2D eigenvalue weighted by atomic mass is 16.5. The largest absolute Gasteiger partial charge is 0.477 e. The number of carbonyl (C=O) groups is 1. The standard InChI is InChI=1S/C16H14N2O5/c1-2-20-15-12(5-3-7-17-15)16(19)22-10-11-9-14(23-18-11)13-6-4-8-21-13/h3-9H,2,10H2,1H3. The zero-order chi connectivity index (χ0) is 16.1. The first-order valence-electron chi connectivity index (χ1n) is 7.02. The summed E-state index contributed by atoms with van der Waals surface area (Å²) in [5, 5.41) is 3.84.